The molecule has 0 saturated heterocycles. The van der Waals surface area contributed by atoms with Gasteiger partial charge in [-0.3, -0.25) is 4.79 Å². The van der Waals surface area contributed by atoms with Crippen LogP contribution in [-0.2, 0) is 19.7 Å². The van der Waals surface area contributed by atoms with Gasteiger partial charge in [-0.1, -0.05) is 0 Å². The standard InChI is InChI=1S/C14H17FO4/c1-3-18-13(16)14(6-7-14)11-8-10(15)4-5-12(11)19-9-17-2/h4-5,8H,3,6-7,9H2,1-2H3. The van der Waals surface area contributed by atoms with Gasteiger partial charge in [0.15, 0.2) is 6.79 Å². The smallest absolute Gasteiger partial charge is 0.316 e. The highest BCUT2D eigenvalue weighted by molar-refractivity contribution is 5.87. The summed E-state index contributed by atoms with van der Waals surface area (Å²) < 4.78 is 28.8. The summed E-state index contributed by atoms with van der Waals surface area (Å²) >= 11 is 0. The first-order valence-corrected chi connectivity index (χ1v) is 6.23. The third kappa shape index (κ3) is 2.71. The third-order valence-corrected chi connectivity index (χ3v) is 3.21. The average Bonchev–Trinajstić information content (AvgIpc) is 3.19. The van der Waals surface area contributed by atoms with Crippen molar-refractivity contribution in [3.05, 3.63) is 29.6 Å². The van der Waals surface area contributed by atoms with Crippen molar-refractivity contribution in [2.75, 3.05) is 20.5 Å². The van der Waals surface area contributed by atoms with Crippen LogP contribution in [0.3, 0.4) is 0 Å². The average molecular weight is 268 g/mol. The van der Waals surface area contributed by atoms with Gasteiger partial charge >= 0.3 is 5.97 Å². The molecule has 1 aliphatic carbocycles. The molecule has 0 radical (unpaired) electrons. The van der Waals surface area contributed by atoms with E-state index in [4.69, 9.17) is 14.2 Å². The number of esters is 1. The molecule has 4 nitrogen and oxygen atoms in total. The summed E-state index contributed by atoms with van der Waals surface area (Å²) in [5.41, 5.74) is -0.204. The van der Waals surface area contributed by atoms with Crippen LogP contribution in [0.25, 0.3) is 0 Å². The Bertz CT molecular complexity index is 469. The molecule has 104 valence electrons. The Morgan fingerprint density at radius 2 is 2.16 bits per heavy atom. The Kier molecular flexibility index (Phi) is 4.04. The van der Waals surface area contributed by atoms with Crippen molar-refractivity contribution in [3.63, 3.8) is 0 Å². The molecule has 1 aliphatic rings. The van der Waals surface area contributed by atoms with E-state index in [2.05, 4.69) is 0 Å². The van der Waals surface area contributed by atoms with Gasteiger partial charge in [-0.25, -0.2) is 4.39 Å². The van der Waals surface area contributed by atoms with Crippen LogP contribution in [0, 0.1) is 5.82 Å². The van der Waals surface area contributed by atoms with Crippen LogP contribution < -0.4 is 4.74 Å². The van der Waals surface area contributed by atoms with E-state index in [1.54, 1.807) is 6.92 Å². The van der Waals surface area contributed by atoms with Gasteiger partial charge in [-0.15, -0.1) is 0 Å². The van der Waals surface area contributed by atoms with Crippen molar-refractivity contribution < 1.29 is 23.4 Å². The molecule has 19 heavy (non-hydrogen) atoms. The topological polar surface area (TPSA) is 44.8 Å². The molecule has 1 fully saturated rings. The Labute approximate surface area is 111 Å². The van der Waals surface area contributed by atoms with Gasteiger partial charge in [-0.2, -0.15) is 0 Å². The Morgan fingerprint density at radius 1 is 1.42 bits per heavy atom. The van der Waals surface area contributed by atoms with Gasteiger partial charge < -0.3 is 14.2 Å². The number of benzene rings is 1. The number of halogens is 1. The lowest BCUT2D eigenvalue weighted by Crippen LogP contribution is -2.24. The predicted octanol–water partition coefficient (Wildman–Crippen LogP) is 2.40. The molecule has 0 unspecified atom stereocenters. The van der Waals surface area contributed by atoms with E-state index in [-0.39, 0.29) is 12.8 Å². The van der Waals surface area contributed by atoms with Crippen molar-refractivity contribution in [2.45, 2.75) is 25.2 Å². The van der Waals surface area contributed by atoms with E-state index in [0.29, 0.717) is 30.8 Å². The molecule has 0 heterocycles. The quantitative estimate of drug-likeness (QED) is 0.587. The minimum Gasteiger partial charge on any atom is -0.467 e. The van der Waals surface area contributed by atoms with Crippen molar-refractivity contribution in [3.8, 4) is 5.75 Å². The van der Waals surface area contributed by atoms with Gasteiger partial charge in [0.25, 0.3) is 0 Å². The van der Waals surface area contributed by atoms with Crippen LogP contribution in [0.5, 0.6) is 5.75 Å². The molecule has 5 heteroatoms. The third-order valence-electron chi connectivity index (χ3n) is 3.21. The maximum absolute atomic E-state index is 13.4. The van der Waals surface area contributed by atoms with Crippen LogP contribution in [0.1, 0.15) is 25.3 Å². The molecule has 0 atom stereocenters. The van der Waals surface area contributed by atoms with E-state index in [0.717, 1.165) is 0 Å². The SMILES string of the molecule is CCOC(=O)C1(c2cc(F)ccc2OCOC)CC1. The zero-order chi connectivity index (χ0) is 13.9. The maximum atomic E-state index is 13.4. The number of hydrogen-bond acceptors (Lipinski definition) is 4. The first-order chi connectivity index (χ1) is 9.14. The second-order valence-electron chi connectivity index (χ2n) is 4.49. The number of hydrogen-bond donors (Lipinski definition) is 0. The van der Waals surface area contributed by atoms with Crippen LogP contribution in [-0.4, -0.2) is 26.5 Å². The molecule has 0 bridgehead atoms. The Balaban J connectivity index is 2.32. The molecule has 0 N–H and O–H groups in total. The lowest BCUT2D eigenvalue weighted by atomic mass is 9.95. The van der Waals surface area contributed by atoms with Crippen molar-refractivity contribution in [1.29, 1.82) is 0 Å². The highest BCUT2D eigenvalue weighted by atomic mass is 19.1. The van der Waals surface area contributed by atoms with E-state index >= 15 is 0 Å². The first-order valence-electron chi connectivity index (χ1n) is 6.23. The number of methoxy groups -OCH3 is 1. The van der Waals surface area contributed by atoms with Crippen LogP contribution >= 0.6 is 0 Å². The number of carbonyl (C=O) groups is 1. The highest BCUT2D eigenvalue weighted by Gasteiger charge is 2.54. The summed E-state index contributed by atoms with van der Waals surface area (Å²) in [7, 11) is 1.50. The summed E-state index contributed by atoms with van der Waals surface area (Å²) in [5.74, 6) is -0.244. The van der Waals surface area contributed by atoms with Gasteiger partial charge in [0, 0.05) is 12.7 Å². The molecule has 0 spiro atoms. The zero-order valence-electron chi connectivity index (χ0n) is 11.1. The van der Waals surface area contributed by atoms with Gasteiger partial charge in [0.2, 0.25) is 0 Å². The number of rotatable bonds is 6. The molecular formula is C14H17FO4. The van der Waals surface area contributed by atoms with E-state index in [9.17, 15) is 9.18 Å². The molecule has 1 aromatic carbocycles. The Hall–Kier alpha value is -1.62. The maximum Gasteiger partial charge on any atom is 0.316 e. The van der Waals surface area contributed by atoms with Crippen molar-refractivity contribution >= 4 is 5.97 Å². The predicted molar refractivity (Wildman–Crippen MR) is 66.4 cm³/mol. The zero-order valence-corrected chi connectivity index (χ0v) is 11.1. The summed E-state index contributed by atoms with van der Waals surface area (Å²) in [5, 5.41) is 0. The fourth-order valence-electron chi connectivity index (χ4n) is 2.10. The van der Waals surface area contributed by atoms with Gasteiger partial charge in [0.1, 0.15) is 11.6 Å². The van der Waals surface area contributed by atoms with E-state index in [1.807, 2.05) is 0 Å². The van der Waals surface area contributed by atoms with Crippen LogP contribution in [0.4, 0.5) is 4.39 Å². The van der Waals surface area contributed by atoms with Crippen LogP contribution in [0.2, 0.25) is 0 Å². The molecular weight excluding hydrogens is 251 g/mol. The van der Waals surface area contributed by atoms with Gasteiger partial charge in [0.05, 0.1) is 12.0 Å². The molecule has 1 saturated carbocycles. The second kappa shape index (κ2) is 5.57. The van der Waals surface area contributed by atoms with Crippen molar-refractivity contribution in [2.24, 2.45) is 0 Å². The fourth-order valence-corrected chi connectivity index (χ4v) is 2.10. The molecule has 0 aliphatic heterocycles. The fraction of sp³-hybridized carbons (Fsp3) is 0.500. The normalized spacial score (nSPS) is 15.9. The second-order valence-corrected chi connectivity index (χ2v) is 4.49. The van der Waals surface area contributed by atoms with E-state index < -0.39 is 11.2 Å². The number of ether oxygens (including phenoxy) is 3. The van der Waals surface area contributed by atoms with Gasteiger partial charge in [-0.05, 0) is 38.0 Å². The molecule has 0 amide bonds. The highest BCUT2D eigenvalue weighted by Crippen LogP contribution is 2.52. The summed E-state index contributed by atoms with van der Waals surface area (Å²) in [6, 6.07) is 4.16. The van der Waals surface area contributed by atoms with Crippen molar-refractivity contribution in [1.82, 2.24) is 0 Å². The molecule has 0 aromatic heterocycles. The number of carbonyl (C=O) groups excluding carboxylic acids is 1. The molecule has 1 aromatic rings. The minimum atomic E-state index is -0.749. The Morgan fingerprint density at radius 3 is 2.74 bits per heavy atom. The summed E-state index contributed by atoms with van der Waals surface area (Å²) in [6.07, 6.45) is 1.30. The summed E-state index contributed by atoms with van der Waals surface area (Å²) in [4.78, 5) is 12.0. The first kappa shape index (κ1) is 13.8. The monoisotopic (exact) mass is 268 g/mol. The summed E-state index contributed by atoms with van der Waals surface area (Å²) in [6.45, 7) is 2.11. The lowest BCUT2D eigenvalue weighted by Gasteiger charge is -2.18. The minimum absolute atomic E-state index is 0.0531. The van der Waals surface area contributed by atoms with Crippen LogP contribution in [0.15, 0.2) is 18.2 Å². The largest absolute Gasteiger partial charge is 0.467 e. The molecule has 2 rings (SSSR count). The lowest BCUT2D eigenvalue weighted by molar-refractivity contribution is -0.146. The van der Waals surface area contributed by atoms with E-state index in [1.165, 1.54) is 25.3 Å².